The summed E-state index contributed by atoms with van der Waals surface area (Å²) in [6.45, 7) is 5.73. The van der Waals surface area contributed by atoms with Gasteiger partial charge >= 0.3 is 12.1 Å². The molecule has 0 saturated carbocycles. The number of benzene rings is 2. The molecule has 7 nitrogen and oxygen atoms in total. The van der Waals surface area contributed by atoms with Crippen molar-refractivity contribution >= 4 is 18.0 Å². The Hall–Kier alpha value is -3.61. The summed E-state index contributed by atoms with van der Waals surface area (Å²) in [5, 5.41) is 14.9. The predicted octanol–water partition coefficient (Wildman–Crippen LogP) is 4.48. The first kappa shape index (κ1) is 24.5. The molecule has 0 saturated heterocycles. The number of carboxylic acids is 1. The lowest BCUT2D eigenvalue weighted by Crippen LogP contribution is -2.55. The number of allylic oxidation sites excluding steroid dienone is 1. The van der Waals surface area contributed by atoms with Gasteiger partial charge in [0.2, 0.25) is 5.91 Å². The van der Waals surface area contributed by atoms with Crippen LogP contribution in [0.1, 0.15) is 50.7 Å². The Balaban J connectivity index is 1.41. The number of carbonyl (C=O) groups is 3. The van der Waals surface area contributed by atoms with Gasteiger partial charge in [0.1, 0.15) is 12.6 Å². The first-order valence-electron chi connectivity index (χ1n) is 12.0. The monoisotopic (exact) mass is 476 g/mol. The minimum Gasteiger partial charge on any atom is -0.481 e. The predicted molar refractivity (Wildman–Crippen MR) is 133 cm³/mol. The Bertz CT molecular complexity index is 1100. The molecule has 0 radical (unpaired) electrons. The third-order valence-electron chi connectivity index (χ3n) is 6.74. The van der Waals surface area contributed by atoms with Gasteiger partial charge in [0.05, 0.1) is 5.92 Å². The van der Waals surface area contributed by atoms with Crippen LogP contribution < -0.4 is 10.6 Å². The third-order valence-corrected chi connectivity index (χ3v) is 6.74. The van der Waals surface area contributed by atoms with Crippen LogP contribution in [-0.2, 0) is 14.3 Å². The Morgan fingerprint density at radius 1 is 1.03 bits per heavy atom. The first-order valence-corrected chi connectivity index (χ1v) is 12.0. The molecule has 2 aliphatic rings. The molecule has 3 atom stereocenters. The molecule has 0 heterocycles. The lowest BCUT2D eigenvalue weighted by atomic mass is 9.85. The zero-order valence-corrected chi connectivity index (χ0v) is 20.3. The van der Waals surface area contributed by atoms with Crippen molar-refractivity contribution in [1.29, 1.82) is 0 Å². The number of hydrogen-bond acceptors (Lipinski definition) is 4. The molecule has 0 bridgehead atoms. The summed E-state index contributed by atoms with van der Waals surface area (Å²) in [7, 11) is 0. The van der Waals surface area contributed by atoms with Crippen LogP contribution in [0.4, 0.5) is 4.79 Å². The summed E-state index contributed by atoms with van der Waals surface area (Å²) in [4.78, 5) is 37.2. The maximum Gasteiger partial charge on any atom is 0.407 e. The Morgan fingerprint density at radius 2 is 1.63 bits per heavy atom. The highest BCUT2D eigenvalue weighted by atomic mass is 16.5. The number of aliphatic carboxylic acids is 1. The van der Waals surface area contributed by atoms with Gasteiger partial charge in [-0.05, 0) is 40.5 Å². The van der Waals surface area contributed by atoms with Crippen molar-refractivity contribution in [1.82, 2.24) is 10.6 Å². The molecule has 184 valence electrons. The standard InChI is InChI=1S/C28H32N2O5/c1-28(2,3)24(25(31)29-18-10-8-9-17(15-18)26(32)33)30-27(34)35-16-23-21-13-6-4-11-19(21)20-12-5-7-14-22(20)23/h4-8,10-14,17-18,23-24H,9,15-16H2,1-3H3,(H,29,31)(H,30,34)(H,32,33)/t17-,18-,24?/m1/s1. The Kier molecular flexibility index (Phi) is 6.96. The van der Waals surface area contributed by atoms with Gasteiger partial charge in [0, 0.05) is 12.0 Å². The molecule has 7 heteroatoms. The summed E-state index contributed by atoms with van der Waals surface area (Å²) < 4.78 is 5.63. The number of rotatable bonds is 6. The maximum absolute atomic E-state index is 13.1. The highest BCUT2D eigenvalue weighted by Gasteiger charge is 2.36. The molecule has 0 spiro atoms. The summed E-state index contributed by atoms with van der Waals surface area (Å²) >= 11 is 0. The zero-order valence-electron chi connectivity index (χ0n) is 20.3. The van der Waals surface area contributed by atoms with Crippen molar-refractivity contribution in [3.8, 4) is 11.1 Å². The molecule has 2 aromatic rings. The summed E-state index contributed by atoms with van der Waals surface area (Å²) in [6.07, 6.45) is 3.69. The van der Waals surface area contributed by atoms with Crippen LogP contribution in [0.3, 0.4) is 0 Å². The lowest BCUT2D eigenvalue weighted by Gasteiger charge is -2.32. The van der Waals surface area contributed by atoms with E-state index in [9.17, 15) is 19.5 Å². The van der Waals surface area contributed by atoms with E-state index in [2.05, 4.69) is 34.9 Å². The fourth-order valence-electron chi connectivity index (χ4n) is 4.90. The van der Waals surface area contributed by atoms with Gasteiger partial charge in [-0.25, -0.2) is 4.79 Å². The van der Waals surface area contributed by atoms with Crippen molar-refractivity contribution in [2.75, 3.05) is 6.61 Å². The highest BCUT2D eigenvalue weighted by Crippen LogP contribution is 2.44. The molecule has 1 unspecified atom stereocenters. The quantitative estimate of drug-likeness (QED) is 0.534. The van der Waals surface area contributed by atoms with Crippen LogP contribution in [0.5, 0.6) is 0 Å². The molecule has 4 rings (SSSR count). The minimum atomic E-state index is -0.877. The topological polar surface area (TPSA) is 105 Å². The summed E-state index contributed by atoms with van der Waals surface area (Å²) in [5.41, 5.74) is 3.93. The number of carbonyl (C=O) groups excluding carboxylic acids is 2. The van der Waals surface area contributed by atoms with Gasteiger partial charge in [0.15, 0.2) is 0 Å². The van der Waals surface area contributed by atoms with Crippen molar-refractivity contribution in [3.63, 3.8) is 0 Å². The lowest BCUT2D eigenvalue weighted by molar-refractivity contribution is -0.142. The van der Waals surface area contributed by atoms with Crippen molar-refractivity contribution in [2.45, 2.75) is 51.6 Å². The largest absolute Gasteiger partial charge is 0.481 e. The summed E-state index contributed by atoms with van der Waals surface area (Å²) in [6, 6.07) is 15.0. The van der Waals surface area contributed by atoms with E-state index in [-0.39, 0.29) is 18.4 Å². The second kappa shape index (κ2) is 9.94. The average molecular weight is 477 g/mol. The number of fused-ring (bicyclic) bond motifs is 3. The van der Waals surface area contributed by atoms with Gasteiger partial charge in [-0.15, -0.1) is 0 Å². The molecule has 3 N–H and O–H groups in total. The third kappa shape index (κ3) is 5.39. The van der Waals surface area contributed by atoms with Gasteiger partial charge in [0.25, 0.3) is 0 Å². The van der Waals surface area contributed by atoms with Gasteiger partial charge in [-0.1, -0.05) is 81.5 Å². The zero-order chi connectivity index (χ0) is 25.2. The van der Waals surface area contributed by atoms with Gasteiger partial charge in [-0.2, -0.15) is 0 Å². The van der Waals surface area contributed by atoms with Crippen LogP contribution in [0.15, 0.2) is 60.7 Å². The van der Waals surface area contributed by atoms with Crippen molar-refractivity contribution in [3.05, 3.63) is 71.8 Å². The summed E-state index contributed by atoms with van der Waals surface area (Å²) in [5.74, 6) is -1.85. The van der Waals surface area contributed by atoms with E-state index in [1.807, 2.05) is 51.1 Å². The van der Waals surface area contributed by atoms with Crippen LogP contribution in [0.25, 0.3) is 11.1 Å². The second-order valence-electron chi connectivity index (χ2n) is 10.3. The molecule has 2 aromatic carbocycles. The van der Waals surface area contributed by atoms with Crippen LogP contribution >= 0.6 is 0 Å². The van der Waals surface area contributed by atoms with E-state index >= 15 is 0 Å². The molecule has 35 heavy (non-hydrogen) atoms. The maximum atomic E-state index is 13.1. The van der Waals surface area contributed by atoms with E-state index in [1.165, 1.54) is 0 Å². The number of carboxylic acid groups (broad SMARTS) is 1. The van der Waals surface area contributed by atoms with E-state index in [0.29, 0.717) is 12.8 Å². The van der Waals surface area contributed by atoms with E-state index in [1.54, 1.807) is 6.08 Å². The van der Waals surface area contributed by atoms with E-state index in [4.69, 9.17) is 4.74 Å². The van der Waals surface area contributed by atoms with Crippen molar-refractivity contribution in [2.24, 2.45) is 11.3 Å². The SMILES string of the molecule is CC(C)(C)C(NC(=O)OCC1c2ccccc2-c2ccccc21)C(=O)N[C@@H]1C=CC[C@@H](C(=O)O)C1. The molecular weight excluding hydrogens is 444 g/mol. The van der Waals surface area contributed by atoms with E-state index < -0.39 is 35.5 Å². The number of nitrogens with one attached hydrogen (secondary N) is 2. The first-order chi connectivity index (χ1) is 16.6. The van der Waals surface area contributed by atoms with Crippen LogP contribution in [-0.4, -0.2) is 41.8 Å². The number of ether oxygens (including phenoxy) is 1. The van der Waals surface area contributed by atoms with E-state index in [0.717, 1.165) is 22.3 Å². The molecule has 0 aliphatic heterocycles. The molecule has 2 aliphatic carbocycles. The fraction of sp³-hybridized carbons (Fsp3) is 0.393. The van der Waals surface area contributed by atoms with Gasteiger partial charge < -0.3 is 20.5 Å². The number of amides is 2. The van der Waals surface area contributed by atoms with Gasteiger partial charge in [-0.3, -0.25) is 9.59 Å². The molecule has 0 fully saturated rings. The average Bonchev–Trinajstić information content (AvgIpc) is 3.14. The smallest absolute Gasteiger partial charge is 0.407 e. The molecular formula is C28H32N2O5. The van der Waals surface area contributed by atoms with Crippen LogP contribution in [0.2, 0.25) is 0 Å². The molecule has 0 aromatic heterocycles. The Morgan fingerprint density at radius 3 is 2.20 bits per heavy atom. The van der Waals surface area contributed by atoms with Crippen molar-refractivity contribution < 1.29 is 24.2 Å². The Labute approximate surface area is 205 Å². The number of hydrogen-bond donors (Lipinski definition) is 3. The fourth-order valence-corrected chi connectivity index (χ4v) is 4.90. The second-order valence-corrected chi connectivity index (χ2v) is 10.3. The minimum absolute atomic E-state index is 0.0737. The normalized spacial score (nSPS) is 19.9. The molecule has 2 amide bonds. The van der Waals surface area contributed by atoms with Crippen LogP contribution in [0, 0.1) is 11.3 Å². The number of alkyl carbamates (subject to hydrolysis) is 1. The highest BCUT2D eigenvalue weighted by molar-refractivity contribution is 5.87.